The van der Waals surface area contributed by atoms with Gasteiger partial charge in [0.2, 0.25) is 0 Å². The van der Waals surface area contributed by atoms with E-state index in [1.807, 2.05) is 0 Å². The Labute approximate surface area is 114 Å². The maximum atomic E-state index is 5.82. The molecule has 2 unspecified atom stereocenters. The van der Waals surface area contributed by atoms with Gasteiger partial charge in [-0.3, -0.25) is 5.84 Å². The minimum Gasteiger partial charge on any atom is -0.497 e. The van der Waals surface area contributed by atoms with Gasteiger partial charge in [-0.15, -0.1) is 0 Å². The van der Waals surface area contributed by atoms with Crippen LogP contribution < -0.4 is 11.3 Å². The van der Waals surface area contributed by atoms with E-state index >= 15 is 0 Å². The predicted molar refractivity (Wildman–Crippen MR) is 76.5 cm³/mol. The number of nitrogens with one attached hydrogen (secondary N) is 1. The molecule has 3 nitrogen and oxygen atoms in total. The van der Waals surface area contributed by atoms with Gasteiger partial charge in [-0.05, 0) is 49.3 Å². The summed E-state index contributed by atoms with van der Waals surface area (Å²) in [4.78, 5) is 0. The number of hydrogen-bond donors (Lipinski definition) is 2. The van der Waals surface area contributed by atoms with E-state index in [4.69, 9.17) is 10.6 Å². The topological polar surface area (TPSA) is 47.3 Å². The molecule has 3 N–H and O–H groups in total. The Balaban J connectivity index is 1.90. The molecule has 19 heavy (non-hydrogen) atoms. The van der Waals surface area contributed by atoms with Crippen molar-refractivity contribution in [3.63, 3.8) is 0 Å². The van der Waals surface area contributed by atoms with Crippen molar-refractivity contribution < 1.29 is 4.74 Å². The van der Waals surface area contributed by atoms with Crippen molar-refractivity contribution in [2.24, 2.45) is 5.84 Å². The van der Waals surface area contributed by atoms with E-state index in [-0.39, 0.29) is 6.04 Å². The zero-order valence-corrected chi connectivity index (χ0v) is 11.3. The first-order valence-electron chi connectivity index (χ1n) is 7.27. The van der Waals surface area contributed by atoms with Gasteiger partial charge in [-0.2, -0.15) is 0 Å². The number of aryl methyl sites for hydroxylation is 1. The molecule has 0 bridgehead atoms. The van der Waals surface area contributed by atoms with Crippen LogP contribution in [-0.2, 0) is 11.2 Å². The van der Waals surface area contributed by atoms with Gasteiger partial charge >= 0.3 is 0 Å². The fourth-order valence-corrected chi connectivity index (χ4v) is 3.33. The zero-order chi connectivity index (χ0) is 13.1. The fourth-order valence-electron chi connectivity index (χ4n) is 3.33. The highest BCUT2D eigenvalue weighted by molar-refractivity contribution is 5.35. The Morgan fingerprint density at radius 3 is 2.95 bits per heavy atom. The molecule has 0 saturated heterocycles. The second-order valence-corrected chi connectivity index (χ2v) is 5.44. The summed E-state index contributed by atoms with van der Waals surface area (Å²) in [7, 11) is 0. The molecule has 1 aliphatic carbocycles. The molecule has 0 spiro atoms. The first-order valence-corrected chi connectivity index (χ1v) is 7.27. The van der Waals surface area contributed by atoms with E-state index in [2.05, 4.69) is 35.8 Å². The van der Waals surface area contributed by atoms with Crippen LogP contribution in [0, 0.1) is 0 Å². The van der Waals surface area contributed by atoms with E-state index in [9.17, 15) is 0 Å². The van der Waals surface area contributed by atoms with Crippen LogP contribution in [0.3, 0.4) is 0 Å². The van der Waals surface area contributed by atoms with Crippen LogP contribution in [0.15, 0.2) is 36.1 Å². The molecule has 0 aromatic heterocycles. The predicted octanol–water partition coefficient (Wildman–Crippen LogP) is 2.63. The number of allylic oxidation sites excluding steroid dienone is 1. The normalized spacial score (nSPS) is 24.1. The molecule has 1 aromatic rings. The highest BCUT2D eigenvalue weighted by Gasteiger charge is 2.30. The average Bonchev–Trinajstić information content (AvgIpc) is 2.49. The highest BCUT2D eigenvalue weighted by atomic mass is 16.5. The lowest BCUT2D eigenvalue weighted by Gasteiger charge is -2.34. The molecule has 1 heterocycles. The van der Waals surface area contributed by atoms with Crippen LogP contribution in [0.25, 0.3) is 0 Å². The third-order valence-corrected chi connectivity index (χ3v) is 4.27. The minimum absolute atomic E-state index is 0.113. The summed E-state index contributed by atoms with van der Waals surface area (Å²) in [6.07, 6.45) is 8.00. The molecule has 1 aromatic carbocycles. The van der Waals surface area contributed by atoms with Gasteiger partial charge in [0.05, 0.1) is 12.6 Å². The molecule has 0 amide bonds. The minimum atomic E-state index is 0.113. The Morgan fingerprint density at radius 1 is 1.26 bits per heavy atom. The van der Waals surface area contributed by atoms with Gasteiger partial charge < -0.3 is 4.74 Å². The molecule has 0 radical (unpaired) electrons. The van der Waals surface area contributed by atoms with Crippen LogP contribution in [0.2, 0.25) is 0 Å². The monoisotopic (exact) mass is 258 g/mol. The molecule has 102 valence electrons. The van der Waals surface area contributed by atoms with Crippen molar-refractivity contribution in [2.45, 2.75) is 44.1 Å². The third-order valence-electron chi connectivity index (χ3n) is 4.27. The lowest BCUT2D eigenvalue weighted by molar-refractivity contribution is 0.157. The van der Waals surface area contributed by atoms with E-state index in [0.717, 1.165) is 25.2 Å². The summed E-state index contributed by atoms with van der Waals surface area (Å²) in [5.74, 6) is 7.29. The number of nitrogens with two attached hydrogens (primary N) is 1. The Kier molecular flexibility index (Phi) is 3.85. The molecular weight excluding hydrogens is 236 g/mol. The second kappa shape index (κ2) is 5.76. The first kappa shape index (κ1) is 12.7. The van der Waals surface area contributed by atoms with Crippen molar-refractivity contribution in [3.05, 3.63) is 47.2 Å². The highest BCUT2D eigenvalue weighted by Crippen LogP contribution is 2.36. The van der Waals surface area contributed by atoms with Crippen molar-refractivity contribution in [3.8, 4) is 0 Å². The molecule has 3 heteroatoms. The summed E-state index contributed by atoms with van der Waals surface area (Å²) >= 11 is 0. The van der Waals surface area contributed by atoms with Crippen LogP contribution in [0.5, 0.6) is 0 Å². The Bertz CT molecular complexity index is 470. The summed E-state index contributed by atoms with van der Waals surface area (Å²) < 4.78 is 5.82. The van der Waals surface area contributed by atoms with Crippen LogP contribution in [-0.4, -0.2) is 12.6 Å². The quantitative estimate of drug-likeness (QED) is 0.647. The summed E-state index contributed by atoms with van der Waals surface area (Å²) in [5, 5.41) is 0. The molecule has 2 atom stereocenters. The number of hydrazine groups is 1. The van der Waals surface area contributed by atoms with E-state index in [1.54, 1.807) is 0 Å². The Hall–Kier alpha value is -1.32. The smallest absolute Gasteiger partial charge is 0.111 e. The molecular formula is C16H22N2O. The fraction of sp³-hybridized carbons (Fsp3) is 0.500. The van der Waals surface area contributed by atoms with Gasteiger partial charge in [-0.1, -0.05) is 24.3 Å². The van der Waals surface area contributed by atoms with E-state index in [1.165, 1.54) is 30.4 Å². The molecule has 0 fully saturated rings. The standard InChI is InChI=1S/C16H22N2O/c17-18-16(15-10-3-4-11-19-15)14-9-5-7-12-6-1-2-8-13(12)14/h1-2,6,8,10,14,16,18H,3-5,7,9,11,17H2. The number of benzene rings is 1. The number of hydrogen-bond acceptors (Lipinski definition) is 3. The molecule has 1 aliphatic heterocycles. The maximum absolute atomic E-state index is 5.82. The summed E-state index contributed by atoms with van der Waals surface area (Å²) in [6.45, 7) is 0.818. The van der Waals surface area contributed by atoms with Gasteiger partial charge in [-0.25, -0.2) is 5.43 Å². The summed E-state index contributed by atoms with van der Waals surface area (Å²) in [6, 6.07) is 8.85. The van der Waals surface area contributed by atoms with E-state index in [0.29, 0.717) is 5.92 Å². The summed E-state index contributed by atoms with van der Waals surface area (Å²) in [5.41, 5.74) is 5.89. The SMILES string of the molecule is NNC(C1=CCCCO1)C1CCCc2ccccc21. The molecule has 2 aliphatic rings. The van der Waals surface area contributed by atoms with Crippen LogP contribution in [0.1, 0.15) is 42.7 Å². The molecule has 0 saturated carbocycles. The lowest BCUT2D eigenvalue weighted by atomic mass is 9.78. The number of fused-ring (bicyclic) bond motifs is 1. The second-order valence-electron chi connectivity index (χ2n) is 5.44. The van der Waals surface area contributed by atoms with Gasteiger partial charge in [0, 0.05) is 5.92 Å². The van der Waals surface area contributed by atoms with E-state index < -0.39 is 0 Å². The number of ether oxygens (including phenoxy) is 1. The van der Waals surface area contributed by atoms with Crippen LogP contribution >= 0.6 is 0 Å². The number of rotatable bonds is 3. The van der Waals surface area contributed by atoms with Crippen molar-refractivity contribution >= 4 is 0 Å². The van der Waals surface area contributed by atoms with Crippen molar-refractivity contribution in [2.75, 3.05) is 6.61 Å². The van der Waals surface area contributed by atoms with Crippen LogP contribution in [0.4, 0.5) is 0 Å². The largest absolute Gasteiger partial charge is 0.497 e. The third kappa shape index (κ3) is 2.53. The van der Waals surface area contributed by atoms with Crippen molar-refractivity contribution in [1.29, 1.82) is 0 Å². The van der Waals surface area contributed by atoms with Gasteiger partial charge in [0.1, 0.15) is 5.76 Å². The van der Waals surface area contributed by atoms with Gasteiger partial charge in [0.15, 0.2) is 0 Å². The van der Waals surface area contributed by atoms with Gasteiger partial charge in [0.25, 0.3) is 0 Å². The lowest BCUT2D eigenvalue weighted by Crippen LogP contribution is -2.43. The average molecular weight is 258 g/mol. The zero-order valence-electron chi connectivity index (χ0n) is 11.3. The first-order chi connectivity index (χ1) is 9.40. The van der Waals surface area contributed by atoms with Crippen molar-refractivity contribution in [1.82, 2.24) is 5.43 Å². The Morgan fingerprint density at radius 2 is 2.16 bits per heavy atom. The molecule has 3 rings (SSSR count). The maximum Gasteiger partial charge on any atom is 0.111 e.